The lowest BCUT2D eigenvalue weighted by Gasteiger charge is -2.12. The van der Waals surface area contributed by atoms with Crippen molar-refractivity contribution < 1.29 is 13.9 Å². The van der Waals surface area contributed by atoms with Gasteiger partial charge < -0.3 is 15.0 Å². The number of rotatable bonds is 7. The molecule has 0 aliphatic rings. The van der Waals surface area contributed by atoms with E-state index in [1.807, 2.05) is 44.2 Å². The summed E-state index contributed by atoms with van der Waals surface area (Å²) in [4.78, 5) is 12.2. The molecule has 0 radical (unpaired) electrons. The fraction of sp³-hybridized carbons (Fsp3) is 0.261. The van der Waals surface area contributed by atoms with E-state index in [1.165, 1.54) is 17.7 Å². The van der Waals surface area contributed by atoms with E-state index in [4.69, 9.17) is 10.5 Å². The average Bonchev–Trinajstić information content (AvgIpc) is 2.98. The average molecular weight is 380 g/mol. The lowest BCUT2D eigenvalue weighted by molar-refractivity contribution is 0.1000. The molecule has 1 aromatic heterocycles. The highest BCUT2D eigenvalue weighted by Gasteiger charge is 2.24. The minimum atomic E-state index is -0.491. The monoisotopic (exact) mass is 380 g/mol. The number of nitrogens with two attached hydrogens (primary N) is 1. The molecule has 0 unspecified atom stereocenters. The van der Waals surface area contributed by atoms with Gasteiger partial charge in [-0.1, -0.05) is 31.2 Å². The predicted molar refractivity (Wildman–Crippen MR) is 109 cm³/mol. The molecule has 0 aliphatic carbocycles. The van der Waals surface area contributed by atoms with Gasteiger partial charge in [0.15, 0.2) is 0 Å². The van der Waals surface area contributed by atoms with Crippen LogP contribution in [0.15, 0.2) is 48.5 Å². The van der Waals surface area contributed by atoms with E-state index >= 15 is 0 Å². The third-order valence-corrected chi connectivity index (χ3v) is 5.11. The molecule has 4 nitrogen and oxygen atoms in total. The minimum absolute atomic E-state index is 0.335. The summed E-state index contributed by atoms with van der Waals surface area (Å²) in [5, 5.41) is 0. The first-order valence-corrected chi connectivity index (χ1v) is 9.36. The molecule has 2 aromatic carbocycles. The molecule has 0 fully saturated rings. The van der Waals surface area contributed by atoms with Crippen LogP contribution in [-0.2, 0) is 19.4 Å². The standard InChI is InChI=1S/C23H25FN2O2/c1-4-20-22(17-6-5-7-18(24)14-17)21(23(25)27)15(2)26(20)13-12-16-8-10-19(28-3)11-9-16/h5-11,14H,4,12-13H2,1-3H3,(H2,25,27). The second-order valence-corrected chi connectivity index (χ2v) is 6.76. The van der Waals surface area contributed by atoms with Crippen LogP contribution < -0.4 is 10.5 Å². The Balaban J connectivity index is 2.03. The maximum absolute atomic E-state index is 13.8. The van der Waals surface area contributed by atoms with Gasteiger partial charge in [0.05, 0.1) is 12.7 Å². The SMILES string of the molecule is CCc1c(-c2cccc(F)c2)c(C(N)=O)c(C)n1CCc1ccc(OC)cc1. The van der Waals surface area contributed by atoms with Crippen LogP contribution >= 0.6 is 0 Å². The second kappa shape index (κ2) is 8.30. The number of aryl methyl sites for hydroxylation is 1. The van der Waals surface area contributed by atoms with Gasteiger partial charge in [-0.25, -0.2) is 4.39 Å². The first-order valence-electron chi connectivity index (χ1n) is 9.36. The highest BCUT2D eigenvalue weighted by molar-refractivity contribution is 6.02. The zero-order valence-electron chi connectivity index (χ0n) is 16.5. The number of carbonyl (C=O) groups is 1. The number of methoxy groups -OCH3 is 1. The summed E-state index contributed by atoms with van der Waals surface area (Å²) in [5.74, 6) is -0.00665. The van der Waals surface area contributed by atoms with Crippen molar-refractivity contribution in [2.45, 2.75) is 33.2 Å². The van der Waals surface area contributed by atoms with E-state index < -0.39 is 5.91 Å². The van der Waals surface area contributed by atoms with Crippen molar-refractivity contribution in [1.82, 2.24) is 4.57 Å². The first kappa shape index (κ1) is 19.7. The summed E-state index contributed by atoms with van der Waals surface area (Å²) in [7, 11) is 1.64. The van der Waals surface area contributed by atoms with Crippen molar-refractivity contribution in [2.24, 2.45) is 5.73 Å². The van der Waals surface area contributed by atoms with Gasteiger partial charge in [-0.2, -0.15) is 0 Å². The number of carbonyl (C=O) groups excluding carboxylic acids is 1. The fourth-order valence-corrected chi connectivity index (χ4v) is 3.76. The Hall–Kier alpha value is -3.08. The maximum atomic E-state index is 13.8. The van der Waals surface area contributed by atoms with Crippen molar-refractivity contribution in [2.75, 3.05) is 7.11 Å². The number of hydrogen-bond acceptors (Lipinski definition) is 2. The molecule has 0 atom stereocenters. The molecule has 3 rings (SSSR count). The molecule has 28 heavy (non-hydrogen) atoms. The Morgan fingerprint density at radius 2 is 1.89 bits per heavy atom. The second-order valence-electron chi connectivity index (χ2n) is 6.76. The first-order chi connectivity index (χ1) is 13.5. The molecule has 0 aliphatic heterocycles. The molecule has 3 aromatic rings. The Morgan fingerprint density at radius 1 is 1.18 bits per heavy atom. The van der Waals surface area contributed by atoms with E-state index in [0.717, 1.165) is 29.1 Å². The minimum Gasteiger partial charge on any atom is -0.497 e. The van der Waals surface area contributed by atoms with Crippen molar-refractivity contribution in [1.29, 1.82) is 0 Å². The smallest absolute Gasteiger partial charge is 0.251 e. The number of benzene rings is 2. The molecule has 0 spiro atoms. The highest BCUT2D eigenvalue weighted by Crippen LogP contribution is 2.33. The van der Waals surface area contributed by atoms with Crippen LogP contribution in [0.2, 0.25) is 0 Å². The van der Waals surface area contributed by atoms with E-state index in [1.54, 1.807) is 13.2 Å². The van der Waals surface area contributed by atoms with E-state index in [-0.39, 0.29) is 5.82 Å². The number of amides is 1. The lowest BCUT2D eigenvalue weighted by atomic mass is 9.98. The van der Waals surface area contributed by atoms with Crippen LogP contribution in [0, 0.1) is 12.7 Å². The van der Waals surface area contributed by atoms with Crippen LogP contribution in [0.1, 0.15) is 34.2 Å². The largest absolute Gasteiger partial charge is 0.497 e. The Morgan fingerprint density at radius 3 is 2.46 bits per heavy atom. The van der Waals surface area contributed by atoms with Gasteiger partial charge in [0, 0.05) is 23.5 Å². The molecule has 146 valence electrons. The van der Waals surface area contributed by atoms with Crippen molar-refractivity contribution in [3.8, 4) is 16.9 Å². The molecule has 0 bridgehead atoms. The summed E-state index contributed by atoms with van der Waals surface area (Å²) in [5.41, 5.74) is 10.6. The van der Waals surface area contributed by atoms with Crippen molar-refractivity contribution >= 4 is 5.91 Å². The molecular formula is C23H25FN2O2. The molecule has 0 saturated heterocycles. The van der Waals surface area contributed by atoms with E-state index in [2.05, 4.69) is 4.57 Å². The zero-order chi connectivity index (χ0) is 20.3. The normalized spacial score (nSPS) is 10.9. The molecule has 2 N–H and O–H groups in total. The van der Waals surface area contributed by atoms with Gasteiger partial charge in [0.1, 0.15) is 11.6 Å². The third kappa shape index (κ3) is 3.79. The van der Waals surface area contributed by atoms with Crippen molar-refractivity contribution in [3.05, 3.63) is 76.9 Å². The summed E-state index contributed by atoms with van der Waals surface area (Å²) in [6.07, 6.45) is 1.51. The molecule has 1 heterocycles. The Labute approximate surface area is 164 Å². The topological polar surface area (TPSA) is 57.2 Å². The van der Waals surface area contributed by atoms with Gasteiger partial charge >= 0.3 is 0 Å². The summed E-state index contributed by atoms with van der Waals surface area (Å²) >= 11 is 0. The number of aromatic nitrogens is 1. The molecule has 1 amide bonds. The number of halogens is 1. The third-order valence-electron chi connectivity index (χ3n) is 5.11. The number of nitrogens with zero attached hydrogens (tertiary/aromatic N) is 1. The molecule has 5 heteroatoms. The van der Waals surface area contributed by atoms with Crippen LogP contribution in [-0.4, -0.2) is 17.6 Å². The Bertz CT molecular complexity index is 991. The van der Waals surface area contributed by atoms with E-state index in [9.17, 15) is 9.18 Å². The highest BCUT2D eigenvalue weighted by atomic mass is 19.1. The van der Waals surface area contributed by atoms with Gasteiger partial charge in [0.25, 0.3) is 5.91 Å². The van der Waals surface area contributed by atoms with Crippen molar-refractivity contribution in [3.63, 3.8) is 0 Å². The van der Waals surface area contributed by atoms with E-state index in [0.29, 0.717) is 24.1 Å². The zero-order valence-corrected chi connectivity index (χ0v) is 16.5. The summed E-state index contributed by atoms with van der Waals surface area (Å²) in [6.45, 7) is 4.64. The van der Waals surface area contributed by atoms with Crippen LogP contribution in [0.5, 0.6) is 5.75 Å². The quantitative estimate of drug-likeness (QED) is 0.655. The lowest BCUT2D eigenvalue weighted by Crippen LogP contribution is -2.14. The van der Waals surface area contributed by atoms with Crippen LogP contribution in [0.3, 0.4) is 0 Å². The maximum Gasteiger partial charge on any atom is 0.251 e. The van der Waals surface area contributed by atoms with Crippen LogP contribution in [0.4, 0.5) is 4.39 Å². The van der Waals surface area contributed by atoms with Gasteiger partial charge in [-0.15, -0.1) is 0 Å². The summed E-state index contributed by atoms with van der Waals surface area (Å²) in [6, 6.07) is 14.3. The Kier molecular flexibility index (Phi) is 5.83. The number of hydrogen-bond donors (Lipinski definition) is 1. The fourth-order valence-electron chi connectivity index (χ4n) is 3.76. The van der Waals surface area contributed by atoms with Gasteiger partial charge in [-0.05, 0) is 55.2 Å². The number of ether oxygens (including phenoxy) is 1. The van der Waals surface area contributed by atoms with Gasteiger partial charge in [-0.3, -0.25) is 4.79 Å². The summed E-state index contributed by atoms with van der Waals surface area (Å²) < 4.78 is 21.2. The molecule has 0 saturated carbocycles. The number of primary amides is 1. The van der Waals surface area contributed by atoms with Crippen LogP contribution in [0.25, 0.3) is 11.1 Å². The predicted octanol–water partition coefficient (Wildman–Crippen LogP) is 4.52. The molecular weight excluding hydrogens is 355 g/mol. The van der Waals surface area contributed by atoms with Gasteiger partial charge in [0.2, 0.25) is 0 Å².